The van der Waals surface area contributed by atoms with Gasteiger partial charge in [-0.3, -0.25) is 19.3 Å². The van der Waals surface area contributed by atoms with Gasteiger partial charge in [0.25, 0.3) is 0 Å². The molecule has 2 fully saturated rings. The van der Waals surface area contributed by atoms with Gasteiger partial charge in [-0.25, -0.2) is 0 Å². The lowest BCUT2D eigenvalue weighted by atomic mass is 9.85. The maximum atomic E-state index is 12.4. The first-order valence-electron chi connectivity index (χ1n) is 9.43. The van der Waals surface area contributed by atoms with E-state index in [0.717, 1.165) is 25.0 Å². The van der Waals surface area contributed by atoms with Gasteiger partial charge in [-0.1, -0.05) is 19.1 Å². The van der Waals surface area contributed by atoms with E-state index in [2.05, 4.69) is 13.0 Å². The lowest BCUT2D eigenvalue weighted by molar-refractivity contribution is -0.147. The van der Waals surface area contributed by atoms with Crippen molar-refractivity contribution in [2.45, 2.75) is 51.7 Å². The fourth-order valence-corrected chi connectivity index (χ4v) is 4.49. The molecule has 142 valence electrons. The Labute approximate surface area is 153 Å². The molecule has 0 aromatic heterocycles. The third-order valence-electron chi connectivity index (χ3n) is 5.94. The number of hydrogen-bond donors (Lipinski definition) is 1. The predicted molar refractivity (Wildman–Crippen MR) is 95.4 cm³/mol. The number of likely N-dealkylation sites (tertiary alicyclic amines) is 1. The molecule has 0 radical (unpaired) electrons. The number of carbonyl (C=O) groups excluding carboxylic acids is 2. The van der Waals surface area contributed by atoms with Crippen LogP contribution >= 0.6 is 0 Å². The number of ketones is 1. The highest BCUT2D eigenvalue weighted by Crippen LogP contribution is 2.40. The maximum absolute atomic E-state index is 12.4. The Balaban J connectivity index is 1.74. The maximum Gasteiger partial charge on any atom is 0.320 e. The number of allylic oxidation sites excluding steroid dienone is 4. The van der Waals surface area contributed by atoms with E-state index < -0.39 is 12.0 Å². The number of hydrogen-bond acceptors (Lipinski definition) is 5. The third kappa shape index (κ3) is 3.90. The summed E-state index contributed by atoms with van der Waals surface area (Å²) in [6.07, 6.45) is 8.37. The Kier molecular flexibility index (Phi) is 5.61. The predicted octanol–water partition coefficient (Wildman–Crippen LogP) is 2.19. The molecule has 5 atom stereocenters. The van der Waals surface area contributed by atoms with Crippen LogP contribution in [-0.2, 0) is 19.1 Å². The topological polar surface area (TPSA) is 83.9 Å². The molecule has 0 saturated carbocycles. The van der Waals surface area contributed by atoms with Gasteiger partial charge in [0.15, 0.2) is 5.78 Å². The number of carboxylic acids is 1. The summed E-state index contributed by atoms with van der Waals surface area (Å²) in [6, 6.07) is -0.490. The van der Waals surface area contributed by atoms with Gasteiger partial charge < -0.3 is 9.84 Å². The summed E-state index contributed by atoms with van der Waals surface area (Å²) < 4.78 is 5.67. The second-order valence-electron chi connectivity index (χ2n) is 7.76. The Hall–Kier alpha value is -1.95. The summed E-state index contributed by atoms with van der Waals surface area (Å²) in [4.78, 5) is 37.0. The van der Waals surface area contributed by atoms with Crippen LogP contribution in [0.15, 0.2) is 23.8 Å². The van der Waals surface area contributed by atoms with Gasteiger partial charge in [0.05, 0.1) is 5.92 Å². The molecule has 0 amide bonds. The lowest BCUT2D eigenvalue weighted by Crippen LogP contribution is -2.41. The first kappa shape index (κ1) is 18.8. The first-order chi connectivity index (χ1) is 12.4. The monoisotopic (exact) mass is 361 g/mol. The van der Waals surface area contributed by atoms with Gasteiger partial charge in [-0.15, -0.1) is 0 Å². The number of carbonyl (C=O) groups is 3. The molecular weight excluding hydrogens is 334 g/mol. The highest BCUT2D eigenvalue weighted by atomic mass is 16.6. The van der Waals surface area contributed by atoms with E-state index in [0.29, 0.717) is 19.4 Å². The summed E-state index contributed by atoms with van der Waals surface area (Å²) in [7, 11) is 0. The van der Waals surface area contributed by atoms with Crippen molar-refractivity contribution in [3.63, 3.8) is 0 Å². The van der Waals surface area contributed by atoms with Crippen molar-refractivity contribution in [3.8, 4) is 0 Å². The number of aliphatic carboxylic acids is 1. The van der Waals surface area contributed by atoms with Gasteiger partial charge >= 0.3 is 11.9 Å². The zero-order chi connectivity index (χ0) is 18.8. The van der Waals surface area contributed by atoms with Crippen LogP contribution in [0.1, 0.15) is 39.5 Å². The largest absolute Gasteiger partial charge is 0.480 e. The molecular formula is C20H27NO5. The molecule has 2 heterocycles. The third-order valence-corrected chi connectivity index (χ3v) is 5.94. The molecule has 2 saturated heterocycles. The molecule has 1 N–H and O–H groups in total. The zero-order valence-corrected chi connectivity index (χ0v) is 15.4. The Morgan fingerprint density at radius 1 is 1.42 bits per heavy atom. The molecule has 0 aromatic rings. The van der Waals surface area contributed by atoms with Crippen LogP contribution in [0.25, 0.3) is 0 Å². The molecule has 3 rings (SSSR count). The fraction of sp³-hybridized carbons (Fsp3) is 0.650. The van der Waals surface area contributed by atoms with Gasteiger partial charge in [0.1, 0.15) is 12.1 Å². The van der Waals surface area contributed by atoms with Crippen molar-refractivity contribution in [2.24, 2.45) is 17.8 Å². The Morgan fingerprint density at radius 3 is 2.88 bits per heavy atom. The number of rotatable bonds is 5. The highest BCUT2D eigenvalue weighted by molar-refractivity contribution is 5.87. The molecule has 2 aliphatic heterocycles. The number of fused-ring (bicyclic) bond motifs is 1. The summed E-state index contributed by atoms with van der Waals surface area (Å²) >= 11 is 0. The van der Waals surface area contributed by atoms with E-state index in [4.69, 9.17) is 4.74 Å². The zero-order valence-electron chi connectivity index (χ0n) is 15.4. The smallest absolute Gasteiger partial charge is 0.320 e. The van der Waals surface area contributed by atoms with E-state index in [9.17, 15) is 19.5 Å². The average Bonchev–Trinajstić information content (AvgIpc) is 3.09. The van der Waals surface area contributed by atoms with Crippen molar-refractivity contribution >= 4 is 17.7 Å². The molecule has 6 heteroatoms. The number of ether oxygens (including phenoxy) is 1. The fourth-order valence-electron chi connectivity index (χ4n) is 4.49. The van der Waals surface area contributed by atoms with Crippen LogP contribution in [0.2, 0.25) is 0 Å². The molecule has 1 aliphatic carbocycles. The Bertz CT molecular complexity index is 653. The van der Waals surface area contributed by atoms with Crippen LogP contribution in [0.5, 0.6) is 0 Å². The van der Waals surface area contributed by atoms with E-state index in [-0.39, 0.29) is 35.6 Å². The van der Waals surface area contributed by atoms with E-state index in [1.54, 1.807) is 6.08 Å². The number of nitrogens with zero attached hydrogens (tertiary/aromatic N) is 1. The SMILES string of the molecule is CC(=O)/C=C/C1=CC[C@@H]2C(CN3CCCC3C(=O)O)C(=O)O[C@@H]2C[C@@H]1C. The lowest BCUT2D eigenvalue weighted by Gasteiger charge is -2.26. The first-order valence-corrected chi connectivity index (χ1v) is 9.43. The van der Waals surface area contributed by atoms with Gasteiger partial charge in [-0.2, -0.15) is 0 Å². The van der Waals surface area contributed by atoms with Crippen LogP contribution in [0.3, 0.4) is 0 Å². The van der Waals surface area contributed by atoms with E-state index in [1.807, 2.05) is 11.0 Å². The molecule has 0 bridgehead atoms. The van der Waals surface area contributed by atoms with Crippen LogP contribution in [0.4, 0.5) is 0 Å². The van der Waals surface area contributed by atoms with Crippen molar-refractivity contribution in [3.05, 3.63) is 23.8 Å². The summed E-state index contributed by atoms with van der Waals surface area (Å²) in [5.74, 6) is -0.982. The molecule has 3 aliphatic rings. The van der Waals surface area contributed by atoms with Gasteiger partial charge in [0, 0.05) is 12.5 Å². The minimum Gasteiger partial charge on any atom is -0.480 e. The second kappa shape index (κ2) is 7.74. The molecule has 2 unspecified atom stereocenters. The average molecular weight is 361 g/mol. The normalized spacial score (nSPS) is 35.1. The van der Waals surface area contributed by atoms with Crippen LogP contribution in [-0.4, -0.2) is 53.0 Å². The van der Waals surface area contributed by atoms with Crippen LogP contribution in [0, 0.1) is 17.8 Å². The standard InChI is InChI=1S/C20H27NO5/c1-12-10-18-15(8-7-14(12)6-5-13(2)22)16(20(25)26-18)11-21-9-3-4-17(21)19(23)24/h5-7,12,15-18H,3-4,8-11H2,1-2H3,(H,23,24)/b6-5+/t12-,15+,16?,17?,18+/m0/s1. The van der Waals surface area contributed by atoms with E-state index >= 15 is 0 Å². The van der Waals surface area contributed by atoms with Crippen molar-refractivity contribution in [1.29, 1.82) is 0 Å². The molecule has 0 spiro atoms. The van der Waals surface area contributed by atoms with Gasteiger partial charge in [0.2, 0.25) is 0 Å². The van der Waals surface area contributed by atoms with Gasteiger partial charge in [-0.05, 0) is 56.7 Å². The highest BCUT2D eigenvalue weighted by Gasteiger charge is 2.47. The van der Waals surface area contributed by atoms with E-state index in [1.165, 1.54) is 6.92 Å². The minimum atomic E-state index is -0.809. The summed E-state index contributed by atoms with van der Waals surface area (Å²) in [5, 5.41) is 9.37. The molecule has 0 aromatic carbocycles. The quantitative estimate of drug-likeness (QED) is 0.597. The molecule has 6 nitrogen and oxygen atoms in total. The van der Waals surface area contributed by atoms with Crippen molar-refractivity contribution in [2.75, 3.05) is 13.1 Å². The molecule has 26 heavy (non-hydrogen) atoms. The van der Waals surface area contributed by atoms with Crippen molar-refractivity contribution in [1.82, 2.24) is 4.90 Å². The van der Waals surface area contributed by atoms with Crippen molar-refractivity contribution < 1.29 is 24.2 Å². The number of esters is 1. The minimum absolute atomic E-state index is 0.0144. The van der Waals surface area contributed by atoms with Crippen LogP contribution < -0.4 is 0 Å². The Morgan fingerprint density at radius 2 is 2.19 bits per heavy atom. The number of carboxylic acid groups (broad SMARTS) is 1. The summed E-state index contributed by atoms with van der Waals surface area (Å²) in [6.45, 7) is 4.79. The second-order valence-corrected chi connectivity index (χ2v) is 7.76. The summed E-state index contributed by atoms with van der Waals surface area (Å²) in [5.41, 5.74) is 1.11.